The van der Waals surface area contributed by atoms with Gasteiger partial charge in [0.2, 0.25) is 0 Å². The van der Waals surface area contributed by atoms with Gasteiger partial charge in [-0.15, -0.1) is 35.3 Å². The number of hydrogen-bond donors (Lipinski definition) is 2. The molecule has 0 radical (unpaired) electrons. The van der Waals surface area contributed by atoms with Crippen molar-refractivity contribution in [2.75, 3.05) is 27.8 Å². The Hall–Kier alpha value is -1.81. The second-order valence-corrected chi connectivity index (χ2v) is 6.73. The summed E-state index contributed by atoms with van der Waals surface area (Å²) in [4.78, 5) is 17.5. The minimum Gasteiger partial charge on any atom is -0.496 e. The molecular weight excluding hydrogens is 477 g/mol. The summed E-state index contributed by atoms with van der Waals surface area (Å²) < 4.78 is 10.0. The molecule has 1 aromatic heterocycles. The van der Waals surface area contributed by atoms with E-state index in [9.17, 15) is 4.79 Å². The van der Waals surface area contributed by atoms with E-state index >= 15 is 0 Å². The number of hydrogen-bond acceptors (Lipinski definition) is 5. The van der Waals surface area contributed by atoms with Crippen LogP contribution in [-0.4, -0.2) is 39.7 Å². The zero-order chi connectivity index (χ0) is 18.9. The number of guanidine groups is 1. The van der Waals surface area contributed by atoms with E-state index in [-0.39, 0.29) is 24.0 Å². The van der Waals surface area contributed by atoms with Crippen molar-refractivity contribution in [1.82, 2.24) is 10.6 Å². The van der Waals surface area contributed by atoms with Crippen LogP contribution in [0.15, 0.2) is 40.7 Å². The van der Waals surface area contributed by atoms with Gasteiger partial charge in [-0.3, -0.25) is 4.99 Å². The van der Waals surface area contributed by atoms with Crippen LogP contribution < -0.4 is 15.4 Å². The molecular formula is C19H26IN3O3S. The topological polar surface area (TPSA) is 72.0 Å². The van der Waals surface area contributed by atoms with Gasteiger partial charge < -0.3 is 20.1 Å². The molecule has 0 spiro atoms. The molecule has 27 heavy (non-hydrogen) atoms. The lowest BCUT2D eigenvalue weighted by Crippen LogP contribution is -2.38. The number of benzene rings is 1. The van der Waals surface area contributed by atoms with Crippen LogP contribution >= 0.6 is 35.3 Å². The van der Waals surface area contributed by atoms with Crippen molar-refractivity contribution in [1.29, 1.82) is 0 Å². The fourth-order valence-electron chi connectivity index (χ4n) is 2.46. The minimum absolute atomic E-state index is 0. The molecule has 148 valence electrons. The Balaban J connectivity index is 0.00000364. The van der Waals surface area contributed by atoms with Crippen LogP contribution in [0.3, 0.4) is 0 Å². The van der Waals surface area contributed by atoms with Crippen LogP contribution in [0.1, 0.15) is 33.6 Å². The molecule has 0 aliphatic carbocycles. The Labute approximate surface area is 181 Å². The van der Waals surface area contributed by atoms with E-state index in [1.165, 1.54) is 19.1 Å². The van der Waals surface area contributed by atoms with Crippen LogP contribution in [0.25, 0.3) is 0 Å². The summed E-state index contributed by atoms with van der Waals surface area (Å²) in [6.07, 6.45) is 0. The Morgan fingerprint density at radius 3 is 2.63 bits per heavy atom. The van der Waals surface area contributed by atoms with Gasteiger partial charge >= 0.3 is 5.97 Å². The monoisotopic (exact) mass is 503 g/mol. The average Bonchev–Trinajstić information content (AvgIpc) is 3.22. The van der Waals surface area contributed by atoms with Gasteiger partial charge in [0.1, 0.15) is 11.3 Å². The van der Waals surface area contributed by atoms with Gasteiger partial charge in [-0.1, -0.05) is 19.1 Å². The molecule has 0 aliphatic heterocycles. The molecule has 2 aromatic rings. The Kier molecular flexibility index (Phi) is 10.2. The molecule has 6 nitrogen and oxygen atoms in total. The standard InChI is InChI=1S/C19H25N3O3S.HI/c1-13(17-6-5-9-26-17)11-21-19(20-2)22-12-14-7-8-16(24-3)15(10-14)18(23)25-4;/h5-10,13H,11-12H2,1-4H3,(H2,20,21,22);1H. The lowest BCUT2D eigenvalue weighted by molar-refractivity contribution is 0.0597. The smallest absolute Gasteiger partial charge is 0.341 e. The van der Waals surface area contributed by atoms with E-state index < -0.39 is 5.97 Å². The molecule has 0 aliphatic rings. The van der Waals surface area contributed by atoms with Gasteiger partial charge in [0.15, 0.2) is 5.96 Å². The van der Waals surface area contributed by atoms with E-state index in [1.54, 1.807) is 30.5 Å². The Morgan fingerprint density at radius 2 is 2.04 bits per heavy atom. The minimum atomic E-state index is -0.420. The summed E-state index contributed by atoms with van der Waals surface area (Å²) in [7, 11) is 4.62. The SMILES string of the molecule is CN=C(NCc1ccc(OC)c(C(=O)OC)c1)NCC(C)c1cccs1.I. The second-order valence-electron chi connectivity index (χ2n) is 5.75. The number of halogens is 1. The van der Waals surface area contributed by atoms with Gasteiger partial charge in [-0.25, -0.2) is 4.79 Å². The molecule has 1 aromatic carbocycles. The highest BCUT2D eigenvalue weighted by Gasteiger charge is 2.13. The first-order chi connectivity index (χ1) is 12.6. The number of rotatable bonds is 7. The predicted molar refractivity (Wildman–Crippen MR) is 121 cm³/mol. The fraction of sp³-hybridized carbons (Fsp3) is 0.368. The lowest BCUT2D eigenvalue weighted by Gasteiger charge is -2.16. The normalized spacial score (nSPS) is 11.9. The molecule has 0 saturated carbocycles. The number of ether oxygens (including phenoxy) is 2. The molecule has 1 atom stereocenters. The summed E-state index contributed by atoms with van der Waals surface area (Å²) >= 11 is 1.75. The van der Waals surface area contributed by atoms with Gasteiger partial charge in [-0.2, -0.15) is 0 Å². The highest BCUT2D eigenvalue weighted by Crippen LogP contribution is 2.21. The number of esters is 1. The van der Waals surface area contributed by atoms with Crippen molar-refractivity contribution < 1.29 is 14.3 Å². The van der Waals surface area contributed by atoms with Gasteiger partial charge in [0.25, 0.3) is 0 Å². The Morgan fingerprint density at radius 1 is 1.26 bits per heavy atom. The number of carbonyl (C=O) groups excluding carboxylic acids is 1. The predicted octanol–water partition coefficient (Wildman–Crippen LogP) is 3.63. The van der Waals surface area contributed by atoms with Crippen LogP contribution in [0.2, 0.25) is 0 Å². The van der Waals surface area contributed by atoms with E-state index in [1.807, 2.05) is 6.07 Å². The van der Waals surface area contributed by atoms with Crippen molar-refractivity contribution in [3.63, 3.8) is 0 Å². The molecule has 8 heteroatoms. The van der Waals surface area contributed by atoms with Crippen molar-refractivity contribution >= 4 is 47.2 Å². The molecule has 0 amide bonds. The summed E-state index contributed by atoms with van der Waals surface area (Å²) in [5.74, 6) is 1.19. The van der Waals surface area contributed by atoms with Gasteiger partial charge in [-0.05, 0) is 29.1 Å². The average molecular weight is 503 g/mol. The quantitative estimate of drug-likeness (QED) is 0.262. The third-order valence-electron chi connectivity index (χ3n) is 3.96. The van der Waals surface area contributed by atoms with Crippen molar-refractivity contribution in [2.24, 2.45) is 4.99 Å². The number of thiophene rings is 1. The largest absolute Gasteiger partial charge is 0.496 e. The lowest BCUT2D eigenvalue weighted by atomic mass is 10.1. The Bertz CT molecular complexity index is 751. The summed E-state index contributed by atoms with van der Waals surface area (Å²) in [5, 5.41) is 8.67. The highest BCUT2D eigenvalue weighted by atomic mass is 127. The number of nitrogens with one attached hydrogen (secondary N) is 2. The first-order valence-electron chi connectivity index (χ1n) is 8.32. The van der Waals surface area contributed by atoms with E-state index in [4.69, 9.17) is 9.47 Å². The molecule has 0 fully saturated rings. The van der Waals surface area contributed by atoms with Gasteiger partial charge in [0, 0.05) is 30.9 Å². The van der Waals surface area contributed by atoms with Crippen molar-refractivity contribution in [3.8, 4) is 5.75 Å². The van der Waals surface area contributed by atoms with Crippen LogP contribution in [0, 0.1) is 0 Å². The van der Waals surface area contributed by atoms with Crippen LogP contribution in [0.4, 0.5) is 0 Å². The number of aliphatic imine (C=N–C) groups is 1. The third kappa shape index (κ3) is 6.69. The van der Waals surface area contributed by atoms with E-state index in [0.717, 1.165) is 12.1 Å². The summed E-state index contributed by atoms with van der Waals surface area (Å²) in [6.45, 7) is 3.50. The maximum Gasteiger partial charge on any atom is 0.341 e. The summed E-state index contributed by atoms with van der Waals surface area (Å²) in [6, 6.07) is 9.63. The fourth-order valence-corrected chi connectivity index (χ4v) is 3.25. The zero-order valence-electron chi connectivity index (χ0n) is 15.9. The van der Waals surface area contributed by atoms with Crippen LogP contribution in [0.5, 0.6) is 5.75 Å². The van der Waals surface area contributed by atoms with Crippen molar-refractivity contribution in [2.45, 2.75) is 19.4 Å². The molecule has 0 saturated heterocycles. The first-order valence-corrected chi connectivity index (χ1v) is 9.20. The van der Waals surface area contributed by atoms with E-state index in [2.05, 4.69) is 40.1 Å². The third-order valence-corrected chi connectivity index (χ3v) is 5.06. The summed E-state index contributed by atoms with van der Waals surface area (Å²) in [5.41, 5.74) is 1.34. The van der Waals surface area contributed by atoms with E-state index in [0.29, 0.717) is 29.7 Å². The number of carbonyl (C=O) groups is 1. The van der Waals surface area contributed by atoms with Gasteiger partial charge in [0.05, 0.1) is 14.2 Å². The molecule has 2 rings (SSSR count). The molecule has 1 heterocycles. The number of nitrogens with zero attached hydrogens (tertiary/aromatic N) is 1. The molecule has 2 N–H and O–H groups in total. The molecule has 0 bridgehead atoms. The highest BCUT2D eigenvalue weighted by molar-refractivity contribution is 14.0. The first kappa shape index (κ1) is 23.2. The maximum atomic E-state index is 11.9. The second kappa shape index (κ2) is 11.8. The van der Waals surface area contributed by atoms with Crippen molar-refractivity contribution in [3.05, 3.63) is 51.7 Å². The van der Waals surface area contributed by atoms with Crippen LogP contribution in [-0.2, 0) is 11.3 Å². The molecule has 1 unspecified atom stereocenters. The maximum absolute atomic E-state index is 11.9. The zero-order valence-corrected chi connectivity index (χ0v) is 19.1. The number of methoxy groups -OCH3 is 2.